The van der Waals surface area contributed by atoms with Crippen LogP contribution in [0.4, 0.5) is 4.39 Å². The number of β-amino-alcohol motifs (C(OH)–C–C–N with tert-alkyl or cyclic N) is 1. The van der Waals surface area contributed by atoms with E-state index in [1.807, 2.05) is 0 Å². The Morgan fingerprint density at radius 2 is 2.00 bits per heavy atom. The van der Waals surface area contributed by atoms with Crippen LogP contribution < -0.4 is 4.74 Å². The lowest BCUT2D eigenvalue weighted by Gasteiger charge is -2.48. The van der Waals surface area contributed by atoms with E-state index < -0.39 is 5.60 Å². The highest BCUT2D eigenvalue weighted by atomic mass is 19.1. The fourth-order valence-electron chi connectivity index (χ4n) is 4.21. The minimum absolute atomic E-state index is 0.00423. The molecule has 28 heavy (non-hydrogen) atoms. The number of likely N-dealkylation sites (tertiary alicyclic amines) is 1. The first kappa shape index (κ1) is 21.0. The quantitative estimate of drug-likeness (QED) is 0.826. The van der Waals surface area contributed by atoms with Gasteiger partial charge in [0.25, 0.3) is 5.91 Å². The molecule has 0 unspecified atom stereocenters. The molecule has 0 aliphatic carbocycles. The number of likely N-dealkylation sites (N-methyl/N-ethyl adjacent to an activating group) is 1. The second-order valence-electron chi connectivity index (χ2n) is 8.76. The summed E-state index contributed by atoms with van der Waals surface area (Å²) in [5.41, 5.74) is -1.02. The zero-order valence-corrected chi connectivity index (χ0v) is 17.4. The summed E-state index contributed by atoms with van der Waals surface area (Å²) < 4.78 is 19.4. The molecule has 2 saturated heterocycles. The number of hydrogen-bond donors (Lipinski definition) is 1. The summed E-state index contributed by atoms with van der Waals surface area (Å²) in [7, 11) is 3.63. The van der Waals surface area contributed by atoms with Crippen LogP contribution in [0.3, 0.4) is 0 Å². The minimum Gasteiger partial charge on any atom is -0.497 e. The van der Waals surface area contributed by atoms with Crippen molar-refractivity contribution in [2.24, 2.45) is 0 Å². The van der Waals surface area contributed by atoms with Crippen LogP contribution in [0.5, 0.6) is 5.75 Å². The summed E-state index contributed by atoms with van der Waals surface area (Å²) in [6, 6.07) is 4.52. The Labute approximate surface area is 166 Å². The number of aliphatic hydroxyl groups is 1. The average molecular weight is 394 g/mol. The van der Waals surface area contributed by atoms with Gasteiger partial charge in [0.15, 0.2) is 5.60 Å². The third kappa shape index (κ3) is 4.31. The van der Waals surface area contributed by atoms with E-state index in [4.69, 9.17) is 4.74 Å². The lowest BCUT2D eigenvalue weighted by molar-refractivity contribution is -0.161. The molecule has 1 aromatic rings. The van der Waals surface area contributed by atoms with Crippen molar-refractivity contribution in [3.05, 3.63) is 29.6 Å². The molecule has 0 radical (unpaired) electrons. The molecular weight excluding hydrogens is 361 g/mol. The fourth-order valence-corrected chi connectivity index (χ4v) is 4.21. The number of methoxy groups -OCH3 is 1. The van der Waals surface area contributed by atoms with Crippen LogP contribution in [0.15, 0.2) is 18.2 Å². The number of ether oxygens (including phenoxy) is 1. The molecular formula is C21H32FN3O3. The molecule has 1 atom stereocenters. The second kappa shape index (κ2) is 7.97. The molecule has 1 aromatic carbocycles. The largest absolute Gasteiger partial charge is 0.497 e. The van der Waals surface area contributed by atoms with Crippen LogP contribution in [-0.2, 0) is 11.3 Å². The molecule has 7 heteroatoms. The van der Waals surface area contributed by atoms with Crippen LogP contribution in [-0.4, -0.2) is 83.7 Å². The van der Waals surface area contributed by atoms with Gasteiger partial charge < -0.3 is 14.7 Å². The number of halogens is 1. The van der Waals surface area contributed by atoms with Gasteiger partial charge in [0.05, 0.1) is 7.11 Å². The predicted molar refractivity (Wildman–Crippen MR) is 106 cm³/mol. The Hall–Kier alpha value is -1.70. The summed E-state index contributed by atoms with van der Waals surface area (Å²) >= 11 is 0. The summed E-state index contributed by atoms with van der Waals surface area (Å²) in [5, 5.41) is 11.2. The lowest BCUT2D eigenvalue weighted by Crippen LogP contribution is -2.63. The van der Waals surface area contributed by atoms with Crippen LogP contribution >= 0.6 is 0 Å². The maximum Gasteiger partial charge on any atom is 0.256 e. The standard InChI is InChI=1S/C21H32FN3O3/c1-20(2)14-24(11-10-23(20)3)15-21(27)8-5-9-25(19(21)26)13-16-12-17(28-4)6-7-18(16)22/h6-7,12,27H,5,8-11,13-15H2,1-4H3/t21-/m1/s1. The molecule has 6 nitrogen and oxygen atoms in total. The molecule has 2 heterocycles. The number of amides is 1. The number of rotatable bonds is 5. The lowest BCUT2D eigenvalue weighted by atomic mass is 9.89. The molecule has 0 spiro atoms. The molecule has 1 amide bonds. The Balaban J connectivity index is 1.71. The molecule has 0 aromatic heterocycles. The number of nitrogens with zero attached hydrogens (tertiary/aromatic N) is 3. The van der Waals surface area contributed by atoms with E-state index in [-0.39, 0.29) is 23.8 Å². The van der Waals surface area contributed by atoms with Crippen molar-refractivity contribution in [2.45, 2.75) is 44.4 Å². The average Bonchev–Trinajstić information content (AvgIpc) is 2.64. The Morgan fingerprint density at radius 3 is 2.68 bits per heavy atom. The predicted octanol–water partition coefficient (Wildman–Crippen LogP) is 1.71. The highest BCUT2D eigenvalue weighted by Crippen LogP contribution is 2.28. The first-order valence-electron chi connectivity index (χ1n) is 9.92. The van der Waals surface area contributed by atoms with E-state index in [9.17, 15) is 14.3 Å². The highest BCUT2D eigenvalue weighted by Gasteiger charge is 2.45. The fraction of sp³-hybridized carbons (Fsp3) is 0.667. The van der Waals surface area contributed by atoms with E-state index in [2.05, 4.69) is 30.7 Å². The molecule has 1 N–H and O–H groups in total. The van der Waals surface area contributed by atoms with Crippen LogP contribution in [0.1, 0.15) is 32.3 Å². The van der Waals surface area contributed by atoms with Gasteiger partial charge in [-0.2, -0.15) is 0 Å². The van der Waals surface area contributed by atoms with Gasteiger partial charge in [-0.15, -0.1) is 0 Å². The molecule has 2 aliphatic heterocycles. The smallest absolute Gasteiger partial charge is 0.256 e. The van der Waals surface area contributed by atoms with E-state index in [1.54, 1.807) is 17.0 Å². The normalized spacial score (nSPS) is 26.5. The second-order valence-corrected chi connectivity index (χ2v) is 8.76. The van der Waals surface area contributed by atoms with E-state index >= 15 is 0 Å². The first-order chi connectivity index (χ1) is 13.1. The minimum atomic E-state index is -1.42. The van der Waals surface area contributed by atoms with Crippen LogP contribution in [0.25, 0.3) is 0 Å². The van der Waals surface area contributed by atoms with Crippen molar-refractivity contribution in [2.75, 3.05) is 46.9 Å². The molecule has 0 bridgehead atoms. The summed E-state index contributed by atoms with van der Waals surface area (Å²) in [5.74, 6) is -0.128. The Kier molecular flexibility index (Phi) is 5.98. The van der Waals surface area contributed by atoms with Gasteiger partial charge in [-0.05, 0) is 51.9 Å². The van der Waals surface area contributed by atoms with Gasteiger partial charge in [-0.25, -0.2) is 4.39 Å². The summed E-state index contributed by atoms with van der Waals surface area (Å²) in [6.45, 7) is 7.83. The van der Waals surface area contributed by atoms with Crippen molar-refractivity contribution in [1.82, 2.24) is 14.7 Å². The zero-order valence-electron chi connectivity index (χ0n) is 17.4. The van der Waals surface area contributed by atoms with E-state index in [0.717, 1.165) is 19.6 Å². The SMILES string of the molecule is COc1ccc(F)c(CN2CCC[C@@](O)(CN3CCN(C)C(C)(C)C3)C2=O)c1. The van der Waals surface area contributed by atoms with Crippen molar-refractivity contribution in [1.29, 1.82) is 0 Å². The number of hydrogen-bond acceptors (Lipinski definition) is 5. The number of piperazine rings is 1. The maximum absolute atomic E-state index is 14.2. The summed E-state index contributed by atoms with van der Waals surface area (Å²) in [4.78, 5) is 19.1. The molecule has 0 saturated carbocycles. The monoisotopic (exact) mass is 393 g/mol. The number of benzene rings is 1. The third-order valence-electron chi connectivity index (χ3n) is 6.20. The third-order valence-corrected chi connectivity index (χ3v) is 6.20. The van der Waals surface area contributed by atoms with Crippen LogP contribution in [0, 0.1) is 5.82 Å². The number of piperidine rings is 1. The molecule has 2 fully saturated rings. The van der Waals surface area contributed by atoms with Gasteiger partial charge in [0, 0.05) is 50.4 Å². The number of carbonyl (C=O) groups excluding carboxylic acids is 1. The Bertz CT molecular complexity index is 727. The van der Waals surface area contributed by atoms with Gasteiger partial charge in [-0.3, -0.25) is 14.6 Å². The Morgan fingerprint density at radius 1 is 1.25 bits per heavy atom. The molecule has 156 valence electrons. The van der Waals surface area contributed by atoms with Crippen molar-refractivity contribution in [3.63, 3.8) is 0 Å². The van der Waals surface area contributed by atoms with Crippen LogP contribution in [0.2, 0.25) is 0 Å². The molecule has 2 aliphatic rings. The van der Waals surface area contributed by atoms with E-state index in [0.29, 0.717) is 37.2 Å². The van der Waals surface area contributed by atoms with Gasteiger partial charge in [0.2, 0.25) is 0 Å². The topological polar surface area (TPSA) is 56.3 Å². The zero-order chi connectivity index (χ0) is 20.5. The number of carbonyl (C=O) groups is 1. The van der Waals surface area contributed by atoms with Gasteiger partial charge in [-0.1, -0.05) is 0 Å². The summed E-state index contributed by atoms with van der Waals surface area (Å²) in [6.07, 6.45) is 1.14. The van der Waals surface area contributed by atoms with Gasteiger partial charge in [0.1, 0.15) is 11.6 Å². The van der Waals surface area contributed by atoms with Gasteiger partial charge >= 0.3 is 0 Å². The highest BCUT2D eigenvalue weighted by molar-refractivity contribution is 5.86. The van der Waals surface area contributed by atoms with E-state index in [1.165, 1.54) is 13.2 Å². The first-order valence-corrected chi connectivity index (χ1v) is 9.92. The van der Waals surface area contributed by atoms with Crippen molar-refractivity contribution >= 4 is 5.91 Å². The maximum atomic E-state index is 14.2. The molecule has 3 rings (SSSR count). The van der Waals surface area contributed by atoms with Crippen molar-refractivity contribution < 1.29 is 19.0 Å². The van der Waals surface area contributed by atoms with Crippen molar-refractivity contribution in [3.8, 4) is 5.75 Å².